The molecule has 1 amide bonds. The first-order valence-corrected chi connectivity index (χ1v) is 7.89. The van der Waals surface area contributed by atoms with Gasteiger partial charge in [-0.3, -0.25) is 4.79 Å². The Balaban J connectivity index is 1.99. The second kappa shape index (κ2) is 6.52. The van der Waals surface area contributed by atoms with Crippen molar-refractivity contribution in [2.45, 2.75) is 4.21 Å². The zero-order chi connectivity index (χ0) is 13.8. The number of nitrogens with one attached hydrogen (secondary N) is 1. The van der Waals surface area contributed by atoms with Crippen LogP contribution in [0.1, 0.15) is 0 Å². The number of anilines is 2. The Labute approximate surface area is 129 Å². The van der Waals surface area contributed by atoms with Crippen molar-refractivity contribution in [2.24, 2.45) is 0 Å². The van der Waals surface area contributed by atoms with Gasteiger partial charge in [-0.15, -0.1) is 23.1 Å². The standard InChI is InChI=1S/C12H10Cl2N2OS2/c13-8-4-7(15)5-9(14)12(8)16-10(17)6-19-11-2-1-3-18-11/h1-5H,6,15H2,(H,16,17). The van der Waals surface area contributed by atoms with E-state index < -0.39 is 0 Å². The third kappa shape index (κ3) is 4.04. The lowest BCUT2D eigenvalue weighted by Gasteiger charge is -2.09. The number of nitrogen functional groups attached to an aromatic ring is 1. The highest BCUT2D eigenvalue weighted by Crippen LogP contribution is 2.33. The Morgan fingerprint density at radius 3 is 2.63 bits per heavy atom. The Hall–Kier alpha value is -0.880. The zero-order valence-electron chi connectivity index (χ0n) is 9.65. The summed E-state index contributed by atoms with van der Waals surface area (Å²) in [6.07, 6.45) is 0. The largest absolute Gasteiger partial charge is 0.399 e. The van der Waals surface area contributed by atoms with Crippen molar-refractivity contribution in [2.75, 3.05) is 16.8 Å². The van der Waals surface area contributed by atoms with E-state index in [0.717, 1.165) is 4.21 Å². The Morgan fingerprint density at radius 1 is 1.37 bits per heavy atom. The molecule has 3 nitrogen and oxygen atoms in total. The SMILES string of the molecule is Nc1cc(Cl)c(NC(=O)CSc2cccs2)c(Cl)c1. The van der Waals surface area contributed by atoms with Gasteiger partial charge in [0.2, 0.25) is 5.91 Å². The lowest BCUT2D eigenvalue weighted by atomic mass is 10.3. The second-order valence-corrected chi connectivity index (χ2v) is 6.67. The molecule has 1 heterocycles. The van der Waals surface area contributed by atoms with E-state index in [1.54, 1.807) is 23.5 Å². The van der Waals surface area contributed by atoms with Gasteiger partial charge in [-0.2, -0.15) is 0 Å². The molecule has 0 saturated heterocycles. The molecule has 0 aliphatic heterocycles. The van der Waals surface area contributed by atoms with Crippen molar-refractivity contribution in [3.8, 4) is 0 Å². The number of amides is 1. The molecule has 0 spiro atoms. The van der Waals surface area contributed by atoms with Crippen molar-refractivity contribution in [1.29, 1.82) is 0 Å². The van der Waals surface area contributed by atoms with E-state index >= 15 is 0 Å². The minimum absolute atomic E-state index is 0.160. The fourth-order valence-electron chi connectivity index (χ4n) is 1.37. The summed E-state index contributed by atoms with van der Waals surface area (Å²) >= 11 is 15.0. The van der Waals surface area contributed by atoms with E-state index in [2.05, 4.69) is 5.32 Å². The summed E-state index contributed by atoms with van der Waals surface area (Å²) in [5.74, 6) is 0.143. The topological polar surface area (TPSA) is 55.1 Å². The van der Waals surface area contributed by atoms with E-state index in [1.165, 1.54) is 11.8 Å². The van der Waals surface area contributed by atoms with Gasteiger partial charge in [-0.1, -0.05) is 29.3 Å². The van der Waals surface area contributed by atoms with Crippen LogP contribution >= 0.6 is 46.3 Å². The highest BCUT2D eigenvalue weighted by Gasteiger charge is 2.11. The summed E-state index contributed by atoms with van der Waals surface area (Å²) in [7, 11) is 0. The third-order valence-electron chi connectivity index (χ3n) is 2.17. The number of benzene rings is 1. The molecule has 0 unspecified atom stereocenters. The average molecular weight is 333 g/mol. The van der Waals surface area contributed by atoms with Crippen molar-refractivity contribution < 1.29 is 4.79 Å². The highest BCUT2D eigenvalue weighted by molar-refractivity contribution is 8.01. The lowest BCUT2D eigenvalue weighted by molar-refractivity contribution is -0.113. The maximum Gasteiger partial charge on any atom is 0.234 e. The van der Waals surface area contributed by atoms with E-state index in [4.69, 9.17) is 28.9 Å². The van der Waals surface area contributed by atoms with Crippen LogP contribution in [-0.2, 0) is 4.79 Å². The number of thiophene rings is 1. The minimum atomic E-state index is -0.160. The summed E-state index contributed by atoms with van der Waals surface area (Å²) in [6, 6.07) is 7.01. The quantitative estimate of drug-likeness (QED) is 0.645. The van der Waals surface area contributed by atoms with Crippen LogP contribution in [0.2, 0.25) is 10.0 Å². The van der Waals surface area contributed by atoms with E-state index in [1.807, 2.05) is 17.5 Å². The molecule has 0 radical (unpaired) electrons. The van der Waals surface area contributed by atoms with Crippen LogP contribution in [0.15, 0.2) is 33.9 Å². The number of hydrogen-bond donors (Lipinski definition) is 2. The Bertz CT molecular complexity index is 564. The maximum absolute atomic E-state index is 11.8. The lowest BCUT2D eigenvalue weighted by Crippen LogP contribution is -2.14. The van der Waals surface area contributed by atoms with Gasteiger partial charge >= 0.3 is 0 Å². The maximum atomic E-state index is 11.8. The molecule has 7 heteroatoms. The van der Waals surface area contributed by atoms with Crippen LogP contribution in [0.25, 0.3) is 0 Å². The van der Waals surface area contributed by atoms with Gasteiger partial charge < -0.3 is 11.1 Å². The first kappa shape index (κ1) is 14.5. The smallest absolute Gasteiger partial charge is 0.234 e. The molecule has 0 saturated carbocycles. The summed E-state index contributed by atoms with van der Waals surface area (Å²) in [5, 5.41) is 5.33. The summed E-state index contributed by atoms with van der Waals surface area (Å²) in [6.45, 7) is 0. The van der Waals surface area contributed by atoms with Gasteiger partial charge in [-0.25, -0.2) is 0 Å². The summed E-state index contributed by atoms with van der Waals surface area (Å²) in [5.41, 5.74) is 6.45. The highest BCUT2D eigenvalue weighted by atomic mass is 35.5. The van der Waals surface area contributed by atoms with Crippen LogP contribution in [0.3, 0.4) is 0 Å². The van der Waals surface area contributed by atoms with Crippen LogP contribution in [0, 0.1) is 0 Å². The number of carbonyl (C=O) groups is 1. The number of nitrogens with two attached hydrogens (primary N) is 1. The number of thioether (sulfide) groups is 1. The third-order valence-corrected chi connectivity index (χ3v) is 4.90. The summed E-state index contributed by atoms with van der Waals surface area (Å²) < 4.78 is 1.09. The number of rotatable bonds is 4. The molecule has 19 heavy (non-hydrogen) atoms. The first-order valence-electron chi connectivity index (χ1n) is 5.27. The van der Waals surface area contributed by atoms with Gasteiger partial charge in [-0.05, 0) is 23.6 Å². The van der Waals surface area contributed by atoms with Crippen LogP contribution in [0.4, 0.5) is 11.4 Å². The van der Waals surface area contributed by atoms with Gasteiger partial charge in [0.25, 0.3) is 0 Å². The van der Waals surface area contributed by atoms with Crippen molar-refractivity contribution in [1.82, 2.24) is 0 Å². The van der Waals surface area contributed by atoms with Crippen molar-refractivity contribution in [3.63, 3.8) is 0 Å². The first-order chi connectivity index (χ1) is 9.06. The van der Waals surface area contributed by atoms with E-state index in [9.17, 15) is 4.79 Å². The van der Waals surface area contributed by atoms with Gasteiger partial charge in [0.05, 0.1) is 25.7 Å². The second-order valence-electron chi connectivity index (χ2n) is 3.63. The molecule has 0 aliphatic carbocycles. The zero-order valence-corrected chi connectivity index (χ0v) is 12.8. The average Bonchev–Trinajstić information content (AvgIpc) is 2.84. The molecule has 0 aliphatic rings. The molecular weight excluding hydrogens is 323 g/mol. The fraction of sp³-hybridized carbons (Fsp3) is 0.0833. The molecular formula is C12H10Cl2N2OS2. The predicted molar refractivity (Wildman–Crippen MR) is 84.5 cm³/mol. The number of halogens is 2. The van der Waals surface area contributed by atoms with Gasteiger partial charge in [0.1, 0.15) is 0 Å². The molecule has 2 rings (SSSR count). The van der Waals surface area contributed by atoms with Crippen LogP contribution < -0.4 is 11.1 Å². The Morgan fingerprint density at radius 2 is 2.05 bits per heavy atom. The molecule has 0 bridgehead atoms. The molecule has 1 aromatic carbocycles. The predicted octanol–water partition coefficient (Wildman–Crippen LogP) is 4.37. The van der Waals surface area contributed by atoms with E-state index in [-0.39, 0.29) is 5.91 Å². The fourth-order valence-corrected chi connectivity index (χ4v) is 3.55. The van der Waals surface area contributed by atoms with Crippen molar-refractivity contribution >= 4 is 63.6 Å². The molecule has 3 N–H and O–H groups in total. The monoisotopic (exact) mass is 332 g/mol. The normalized spacial score (nSPS) is 10.4. The number of carbonyl (C=O) groups excluding carboxylic acids is 1. The summed E-state index contributed by atoms with van der Waals surface area (Å²) in [4.78, 5) is 11.8. The minimum Gasteiger partial charge on any atom is -0.399 e. The van der Waals surface area contributed by atoms with Crippen molar-refractivity contribution in [3.05, 3.63) is 39.7 Å². The van der Waals surface area contributed by atoms with Gasteiger partial charge in [0.15, 0.2) is 0 Å². The number of hydrogen-bond acceptors (Lipinski definition) is 4. The molecule has 1 aromatic heterocycles. The Kier molecular flexibility index (Phi) is 4.99. The van der Waals surface area contributed by atoms with Crippen LogP contribution in [0.5, 0.6) is 0 Å². The molecule has 0 atom stereocenters. The molecule has 2 aromatic rings. The molecule has 100 valence electrons. The van der Waals surface area contributed by atoms with Crippen LogP contribution in [-0.4, -0.2) is 11.7 Å². The van der Waals surface area contributed by atoms with E-state index in [0.29, 0.717) is 27.2 Å². The van der Waals surface area contributed by atoms with Gasteiger partial charge in [0, 0.05) is 5.69 Å². The molecule has 0 fully saturated rings.